The number of aliphatic imine (C=N–C) groups is 4. The molecule has 2 aliphatic carbocycles. The minimum atomic E-state index is -1.05. The van der Waals surface area contributed by atoms with Gasteiger partial charge in [-0.15, -0.1) is 0 Å². The van der Waals surface area contributed by atoms with E-state index in [1.807, 2.05) is 0 Å². The van der Waals surface area contributed by atoms with Gasteiger partial charge >= 0.3 is 5.97 Å². The number of carboxylic acids is 1. The zero-order chi connectivity index (χ0) is 36.2. The highest BCUT2D eigenvalue weighted by Crippen LogP contribution is 2.44. The second-order valence-corrected chi connectivity index (χ2v) is 11.9. The minimum absolute atomic E-state index is 0.0170. The van der Waals surface area contributed by atoms with Gasteiger partial charge in [-0.1, -0.05) is 6.42 Å². The van der Waals surface area contributed by atoms with Crippen molar-refractivity contribution in [3.8, 4) is 0 Å². The highest BCUT2D eigenvalue weighted by Gasteiger charge is 2.48. The van der Waals surface area contributed by atoms with Gasteiger partial charge in [0.15, 0.2) is 23.8 Å². The van der Waals surface area contributed by atoms with Crippen LogP contribution in [0.3, 0.4) is 0 Å². The van der Waals surface area contributed by atoms with Crippen LogP contribution in [-0.4, -0.2) is 124 Å². The Kier molecular flexibility index (Phi) is 18.8. The predicted molar refractivity (Wildman–Crippen MR) is 185 cm³/mol. The summed E-state index contributed by atoms with van der Waals surface area (Å²) in [5.41, 5.74) is 44.2. The fraction of sp³-hybridized carbons (Fsp3) is 0.793. The van der Waals surface area contributed by atoms with E-state index >= 15 is 0 Å². The Balaban J connectivity index is 2.40. The molecule has 20 nitrogen and oxygen atoms in total. The van der Waals surface area contributed by atoms with Gasteiger partial charge in [-0.2, -0.15) is 0 Å². The monoisotopic (exact) mass is 699 g/mol. The molecule has 0 aromatic heterocycles. The lowest BCUT2D eigenvalue weighted by molar-refractivity contribution is -0.182. The number of nitrogens with two attached hydrogens (primary N) is 8. The summed E-state index contributed by atoms with van der Waals surface area (Å²) >= 11 is 0. The summed E-state index contributed by atoms with van der Waals surface area (Å²) < 4.78 is 25.8. The molecular formula is C29H57N13O7. The average Bonchev–Trinajstić information content (AvgIpc) is 3.03. The normalized spacial score (nSPS) is 25.0. The summed E-state index contributed by atoms with van der Waals surface area (Å²) in [7, 11) is 0. The summed E-state index contributed by atoms with van der Waals surface area (Å²) in [5, 5.41) is 11.9. The Morgan fingerprint density at radius 2 is 1.06 bits per heavy atom. The number of nitrogens with zero attached hydrogens (tertiary/aromatic N) is 4. The number of guanidine groups is 4. The molecule has 0 heterocycles. The SMILES string of the molecule is NC(N)=NCCOC1CCCC(C2CCC(CNC(=O)CCC(=O)O)C(OCCN=C(N)N)C2OCCN=C(N)N)C1OCCN=C(N)N. The molecule has 0 aromatic carbocycles. The van der Waals surface area contributed by atoms with Gasteiger partial charge < -0.3 is 75.2 Å². The summed E-state index contributed by atoms with van der Waals surface area (Å²) in [4.78, 5) is 39.7. The number of hydrogen-bond donors (Lipinski definition) is 10. The van der Waals surface area contributed by atoms with Crippen LogP contribution in [0, 0.1) is 17.8 Å². The molecule has 1 amide bonds. The molecule has 0 spiro atoms. The Morgan fingerprint density at radius 3 is 1.57 bits per heavy atom. The van der Waals surface area contributed by atoms with Crippen molar-refractivity contribution in [2.75, 3.05) is 59.2 Å². The number of hydrogen-bond acceptors (Lipinski definition) is 10. The number of nitrogens with one attached hydrogen (secondary N) is 1. The molecule has 0 radical (unpaired) electrons. The maximum absolute atomic E-state index is 12.5. The molecule has 18 N–H and O–H groups in total. The lowest BCUT2D eigenvalue weighted by atomic mass is 9.66. The first-order valence-corrected chi connectivity index (χ1v) is 16.6. The molecule has 2 saturated carbocycles. The molecule has 0 aliphatic heterocycles. The lowest BCUT2D eigenvalue weighted by Gasteiger charge is -2.49. The highest BCUT2D eigenvalue weighted by molar-refractivity contribution is 5.80. The number of aliphatic carboxylic acids is 1. The fourth-order valence-corrected chi connectivity index (χ4v) is 6.42. The van der Waals surface area contributed by atoms with Crippen molar-refractivity contribution in [3.05, 3.63) is 0 Å². The third-order valence-corrected chi connectivity index (χ3v) is 8.38. The van der Waals surface area contributed by atoms with Crippen LogP contribution in [0.1, 0.15) is 44.9 Å². The molecule has 280 valence electrons. The molecule has 49 heavy (non-hydrogen) atoms. The van der Waals surface area contributed by atoms with Crippen molar-refractivity contribution >= 4 is 35.7 Å². The molecule has 7 atom stereocenters. The summed E-state index contributed by atoms with van der Waals surface area (Å²) in [6.07, 6.45) is 1.88. The van der Waals surface area contributed by atoms with Gasteiger partial charge in [0, 0.05) is 18.9 Å². The number of ether oxygens (including phenoxy) is 4. The molecule has 7 unspecified atom stereocenters. The van der Waals surface area contributed by atoms with Gasteiger partial charge in [0.05, 0.1) is 83.4 Å². The van der Waals surface area contributed by atoms with E-state index in [2.05, 4.69) is 25.3 Å². The third kappa shape index (κ3) is 16.2. The van der Waals surface area contributed by atoms with E-state index in [4.69, 9.17) is 69.9 Å². The Morgan fingerprint density at radius 1 is 0.592 bits per heavy atom. The van der Waals surface area contributed by atoms with Crippen LogP contribution in [0.4, 0.5) is 0 Å². The zero-order valence-corrected chi connectivity index (χ0v) is 28.2. The molecule has 2 aliphatic rings. The second kappa shape index (κ2) is 22.5. The molecule has 0 saturated heterocycles. The van der Waals surface area contributed by atoms with Crippen molar-refractivity contribution in [2.45, 2.75) is 69.4 Å². The topological polar surface area (TPSA) is 361 Å². The van der Waals surface area contributed by atoms with Crippen LogP contribution in [0.15, 0.2) is 20.0 Å². The van der Waals surface area contributed by atoms with E-state index in [0.29, 0.717) is 19.6 Å². The van der Waals surface area contributed by atoms with Gasteiger partial charge in [-0.25, -0.2) is 0 Å². The standard InChI is InChI=1S/C29H57N13O7/c30-26(31)38-8-12-46-20-3-1-2-18(24(20)48-14-10-40-28(34)35)19-5-4-17(16-42-21(43)6-7-22(44)45)23(47-13-9-39-27(32)33)25(19)49-15-11-41-29(36)37/h17-20,23-25H,1-16H2,(H,42,43)(H,44,45)(H4,30,31,38)(H4,32,33,39)(H4,34,35,40)(H4,36,37,41). The predicted octanol–water partition coefficient (Wildman–Crippen LogP) is -3.57. The molecule has 0 bridgehead atoms. The van der Waals surface area contributed by atoms with Gasteiger partial charge in [0.2, 0.25) is 5.91 Å². The number of carboxylic acid groups (broad SMARTS) is 1. The van der Waals surface area contributed by atoms with E-state index in [9.17, 15) is 9.59 Å². The Hall–Kier alpha value is -4.14. The van der Waals surface area contributed by atoms with Gasteiger partial charge in [-0.3, -0.25) is 29.6 Å². The molecular weight excluding hydrogens is 642 g/mol. The summed E-state index contributed by atoms with van der Waals surface area (Å²) in [6, 6.07) is 0. The molecule has 2 rings (SSSR count). The lowest BCUT2D eigenvalue weighted by Crippen LogP contribution is -2.56. The van der Waals surface area contributed by atoms with Crippen molar-refractivity contribution in [2.24, 2.45) is 83.6 Å². The van der Waals surface area contributed by atoms with Crippen molar-refractivity contribution in [3.63, 3.8) is 0 Å². The van der Waals surface area contributed by atoms with Crippen LogP contribution < -0.4 is 51.2 Å². The van der Waals surface area contributed by atoms with E-state index in [1.165, 1.54) is 0 Å². The zero-order valence-electron chi connectivity index (χ0n) is 28.2. The molecule has 2 fully saturated rings. The van der Waals surface area contributed by atoms with Gasteiger partial charge in [-0.05, 0) is 37.5 Å². The summed E-state index contributed by atoms with van der Waals surface area (Å²) in [6.45, 7) is 2.22. The highest BCUT2D eigenvalue weighted by atomic mass is 16.5. The van der Waals surface area contributed by atoms with Crippen LogP contribution in [0.25, 0.3) is 0 Å². The average molecular weight is 700 g/mol. The summed E-state index contributed by atoms with van der Waals surface area (Å²) in [5.74, 6) is -1.85. The van der Waals surface area contributed by atoms with E-state index in [0.717, 1.165) is 25.7 Å². The number of carbonyl (C=O) groups is 2. The van der Waals surface area contributed by atoms with E-state index in [1.54, 1.807) is 0 Å². The molecule has 20 heteroatoms. The van der Waals surface area contributed by atoms with Crippen LogP contribution in [0.5, 0.6) is 0 Å². The number of amides is 1. The van der Waals surface area contributed by atoms with Crippen molar-refractivity contribution < 1.29 is 33.6 Å². The molecule has 0 aromatic rings. The van der Waals surface area contributed by atoms with Crippen LogP contribution in [0.2, 0.25) is 0 Å². The third-order valence-electron chi connectivity index (χ3n) is 8.38. The van der Waals surface area contributed by atoms with E-state index in [-0.39, 0.29) is 119 Å². The minimum Gasteiger partial charge on any atom is -0.481 e. The smallest absolute Gasteiger partial charge is 0.303 e. The Labute approximate surface area is 286 Å². The first kappa shape index (κ1) is 41.0. The first-order valence-electron chi connectivity index (χ1n) is 16.6. The van der Waals surface area contributed by atoms with Crippen LogP contribution >= 0.6 is 0 Å². The second-order valence-electron chi connectivity index (χ2n) is 11.9. The van der Waals surface area contributed by atoms with Gasteiger partial charge in [0.25, 0.3) is 0 Å². The van der Waals surface area contributed by atoms with Crippen molar-refractivity contribution in [1.29, 1.82) is 0 Å². The van der Waals surface area contributed by atoms with E-state index < -0.39 is 18.2 Å². The largest absolute Gasteiger partial charge is 0.481 e. The number of carbonyl (C=O) groups excluding carboxylic acids is 1. The Bertz CT molecular complexity index is 1120. The van der Waals surface area contributed by atoms with Gasteiger partial charge in [0.1, 0.15) is 0 Å². The quantitative estimate of drug-likeness (QED) is 0.0297. The van der Waals surface area contributed by atoms with Crippen LogP contribution in [-0.2, 0) is 28.5 Å². The maximum Gasteiger partial charge on any atom is 0.303 e. The number of rotatable bonds is 22. The maximum atomic E-state index is 12.5. The fourth-order valence-electron chi connectivity index (χ4n) is 6.42. The first-order chi connectivity index (χ1) is 23.4. The van der Waals surface area contributed by atoms with Crippen molar-refractivity contribution in [1.82, 2.24) is 5.32 Å².